The number of methoxy groups -OCH3 is 1. The van der Waals surface area contributed by atoms with Crippen LogP contribution in [0.1, 0.15) is 32.2 Å². The molecule has 0 aliphatic carbocycles. The first-order chi connectivity index (χ1) is 13.7. The zero-order valence-electron chi connectivity index (χ0n) is 16.1. The zero-order chi connectivity index (χ0) is 21.3. The van der Waals surface area contributed by atoms with E-state index in [1.54, 1.807) is 19.1 Å². The van der Waals surface area contributed by atoms with Crippen LogP contribution < -0.4 is 21.5 Å². The SMILES string of the molecule is COc1ccc(C)c(-n2c(C(=O)Nc3ccc(F)cc3)nc(C(N)=O)c2N)c1C. The summed E-state index contributed by atoms with van der Waals surface area (Å²) in [6.07, 6.45) is 0. The second-order valence-electron chi connectivity index (χ2n) is 6.39. The van der Waals surface area contributed by atoms with Gasteiger partial charge in [0, 0.05) is 11.3 Å². The summed E-state index contributed by atoms with van der Waals surface area (Å²) in [5.41, 5.74) is 13.7. The lowest BCUT2D eigenvalue weighted by molar-refractivity contribution is 0.0997. The van der Waals surface area contributed by atoms with Crippen molar-refractivity contribution in [2.75, 3.05) is 18.2 Å². The van der Waals surface area contributed by atoms with Gasteiger partial charge >= 0.3 is 0 Å². The number of aromatic nitrogens is 2. The topological polar surface area (TPSA) is 125 Å². The summed E-state index contributed by atoms with van der Waals surface area (Å²) in [5, 5.41) is 2.61. The van der Waals surface area contributed by atoms with E-state index in [4.69, 9.17) is 16.2 Å². The number of halogens is 1. The predicted molar refractivity (Wildman–Crippen MR) is 107 cm³/mol. The Morgan fingerprint density at radius 1 is 1.14 bits per heavy atom. The highest BCUT2D eigenvalue weighted by molar-refractivity contribution is 6.05. The molecular formula is C20H20FN5O3. The fourth-order valence-electron chi connectivity index (χ4n) is 3.10. The van der Waals surface area contributed by atoms with E-state index in [-0.39, 0.29) is 17.3 Å². The molecule has 0 atom stereocenters. The van der Waals surface area contributed by atoms with Crippen molar-refractivity contribution in [3.05, 3.63) is 64.9 Å². The van der Waals surface area contributed by atoms with Gasteiger partial charge in [-0.05, 0) is 49.7 Å². The Bertz CT molecular complexity index is 1110. The summed E-state index contributed by atoms with van der Waals surface area (Å²) in [7, 11) is 1.52. The van der Waals surface area contributed by atoms with E-state index in [2.05, 4.69) is 10.3 Å². The zero-order valence-corrected chi connectivity index (χ0v) is 16.1. The average molecular weight is 397 g/mol. The predicted octanol–water partition coefficient (Wildman–Crippen LogP) is 2.57. The van der Waals surface area contributed by atoms with Crippen LogP contribution in [0.25, 0.3) is 5.69 Å². The fraction of sp³-hybridized carbons (Fsp3) is 0.150. The molecule has 150 valence electrons. The minimum Gasteiger partial charge on any atom is -0.496 e. The molecule has 1 heterocycles. The number of carbonyl (C=O) groups excluding carboxylic acids is 2. The van der Waals surface area contributed by atoms with Gasteiger partial charge in [0.2, 0.25) is 5.82 Å². The molecule has 8 nitrogen and oxygen atoms in total. The van der Waals surface area contributed by atoms with Gasteiger partial charge in [-0.3, -0.25) is 14.2 Å². The summed E-state index contributed by atoms with van der Waals surface area (Å²) in [4.78, 5) is 28.8. The van der Waals surface area contributed by atoms with Crippen molar-refractivity contribution in [3.63, 3.8) is 0 Å². The summed E-state index contributed by atoms with van der Waals surface area (Å²) >= 11 is 0. The quantitative estimate of drug-likeness (QED) is 0.610. The van der Waals surface area contributed by atoms with Gasteiger partial charge in [-0.2, -0.15) is 0 Å². The second kappa shape index (κ2) is 7.63. The summed E-state index contributed by atoms with van der Waals surface area (Å²) in [6, 6.07) is 8.81. The van der Waals surface area contributed by atoms with Gasteiger partial charge in [-0.15, -0.1) is 0 Å². The summed E-state index contributed by atoms with van der Waals surface area (Å²) in [5.74, 6) is -1.58. The molecule has 0 bridgehead atoms. The van der Waals surface area contributed by atoms with Crippen LogP contribution in [-0.2, 0) is 0 Å². The number of ether oxygens (including phenoxy) is 1. The van der Waals surface area contributed by atoms with Crippen LogP contribution in [0.15, 0.2) is 36.4 Å². The molecule has 0 aliphatic rings. The molecule has 0 fully saturated rings. The maximum Gasteiger partial charge on any atom is 0.292 e. The Morgan fingerprint density at radius 2 is 1.79 bits per heavy atom. The summed E-state index contributed by atoms with van der Waals surface area (Å²) in [6.45, 7) is 3.62. The summed E-state index contributed by atoms with van der Waals surface area (Å²) < 4.78 is 19.9. The van der Waals surface area contributed by atoms with Crippen LogP contribution in [-0.4, -0.2) is 28.5 Å². The number of nitrogen functional groups attached to an aromatic ring is 1. The molecule has 0 unspecified atom stereocenters. The number of rotatable bonds is 5. The number of nitrogens with zero attached hydrogens (tertiary/aromatic N) is 2. The lowest BCUT2D eigenvalue weighted by atomic mass is 10.1. The van der Waals surface area contributed by atoms with E-state index in [1.165, 1.54) is 35.9 Å². The largest absolute Gasteiger partial charge is 0.496 e. The van der Waals surface area contributed by atoms with Crippen LogP contribution in [0.4, 0.5) is 15.9 Å². The molecule has 1 aromatic heterocycles. The number of primary amides is 1. The van der Waals surface area contributed by atoms with Gasteiger partial charge in [-0.1, -0.05) is 6.07 Å². The van der Waals surface area contributed by atoms with E-state index in [0.29, 0.717) is 22.7 Å². The lowest BCUT2D eigenvalue weighted by Crippen LogP contribution is -2.19. The number of amides is 2. The van der Waals surface area contributed by atoms with Gasteiger partial charge < -0.3 is 21.5 Å². The van der Waals surface area contributed by atoms with Gasteiger partial charge in [0.05, 0.1) is 12.8 Å². The van der Waals surface area contributed by atoms with Crippen LogP contribution in [0.3, 0.4) is 0 Å². The molecule has 9 heteroatoms. The number of benzene rings is 2. The van der Waals surface area contributed by atoms with Crippen molar-refractivity contribution < 1.29 is 18.7 Å². The van der Waals surface area contributed by atoms with E-state index >= 15 is 0 Å². The first-order valence-electron chi connectivity index (χ1n) is 8.64. The first-order valence-corrected chi connectivity index (χ1v) is 8.64. The molecule has 0 aliphatic heterocycles. The molecule has 2 aromatic carbocycles. The van der Waals surface area contributed by atoms with E-state index in [0.717, 1.165) is 5.56 Å². The minimum absolute atomic E-state index is 0.0683. The number of carbonyl (C=O) groups is 2. The van der Waals surface area contributed by atoms with Crippen LogP contribution in [0.5, 0.6) is 5.75 Å². The number of nitrogens with one attached hydrogen (secondary N) is 1. The van der Waals surface area contributed by atoms with Crippen LogP contribution >= 0.6 is 0 Å². The number of aryl methyl sites for hydroxylation is 1. The van der Waals surface area contributed by atoms with Gasteiger partial charge in [0.25, 0.3) is 11.8 Å². The molecule has 3 aromatic rings. The number of imidazole rings is 1. The number of anilines is 2. The smallest absolute Gasteiger partial charge is 0.292 e. The third-order valence-electron chi connectivity index (χ3n) is 4.48. The van der Waals surface area contributed by atoms with Gasteiger partial charge in [0.1, 0.15) is 17.4 Å². The maximum atomic E-state index is 13.1. The fourth-order valence-corrected chi connectivity index (χ4v) is 3.10. The third-order valence-corrected chi connectivity index (χ3v) is 4.48. The molecular weight excluding hydrogens is 377 g/mol. The highest BCUT2D eigenvalue weighted by Gasteiger charge is 2.26. The number of hydrogen-bond acceptors (Lipinski definition) is 5. The molecule has 0 saturated heterocycles. The normalized spacial score (nSPS) is 10.6. The van der Waals surface area contributed by atoms with Crippen molar-refractivity contribution in [1.82, 2.24) is 9.55 Å². The average Bonchev–Trinajstić information content (AvgIpc) is 3.01. The molecule has 2 amide bonds. The molecule has 29 heavy (non-hydrogen) atoms. The standard InChI is InChI=1S/C20H20FN5O3/c1-10-4-9-14(29-3)11(2)16(10)26-17(22)15(18(23)27)25-19(26)20(28)24-13-7-5-12(21)6-8-13/h4-9H,22H2,1-3H3,(H2,23,27)(H,24,28). The Kier molecular flexibility index (Phi) is 5.22. The minimum atomic E-state index is -0.865. The van der Waals surface area contributed by atoms with Crippen molar-refractivity contribution >= 4 is 23.3 Å². The molecule has 0 radical (unpaired) electrons. The monoisotopic (exact) mass is 397 g/mol. The Labute approximate surface area is 166 Å². The number of nitrogens with two attached hydrogens (primary N) is 2. The van der Waals surface area contributed by atoms with Gasteiger partial charge in [-0.25, -0.2) is 9.37 Å². The van der Waals surface area contributed by atoms with Crippen LogP contribution in [0.2, 0.25) is 0 Å². The Morgan fingerprint density at radius 3 is 2.38 bits per heavy atom. The number of hydrogen-bond donors (Lipinski definition) is 3. The van der Waals surface area contributed by atoms with Crippen molar-refractivity contribution in [2.24, 2.45) is 5.73 Å². The van der Waals surface area contributed by atoms with Crippen molar-refractivity contribution in [3.8, 4) is 11.4 Å². The lowest BCUT2D eigenvalue weighted by Gasteiger charge is -2.17. The Balaban J connectivity index is 2.19. The molecule has 5 N–H and O–H groups in total. The molecule has 3 rings (SSSR count). The van der Waals surface area contributed by atoms with E-state index in [9.17, 15) is 14.0 Å². The molecule has 0 saturated carbocycles. The highest BCUT2D eigenvalue weighted by Crippen LogP contribution is 2.32. The van der Waals surface area contributed by atoms with Crippen LogP contribution in [0, 0.1) is 19.7 Å². The highest BCUT2D eigenvalue weighted by atomic mass is 19.1. The van der Waals surface area contributed by atoms with Crippen molar-refractivity contribution in [1.29, 1.82) is 0 Å². The second-order valence-corrected chi connectivity index (χ2v) is 6.39. The first kappa shape index (κ1) is 19.9. The van der Waals surface area contributed by atoms with E-state index in [1.807, 2.05) is 6.92 Å². The third kappa shape index (κ3) is 3.62. The van der Waals surface area contributed by atoms with Crippen molar-refractivity contribution in [2.45, 2.75) is 13.8 Å². The molecule has 0 spiro atoms. The van der Waals surface area contributed by atoms with E-state index < -0.39 is 17.6 Å². The Hall–Kier alpha value is -3.88. The maximum absolute atomic E-state index is 13.1. The van der Waals surface area contributed by atoms with Gasteiger partial charge in [0.15, 0.2) is 5.69 Å².